The fraction of sp³-hybridized carbons (Fsp3) is 0.467. The van der Waals surface area contributed by atoms with E-state index in [4.69, 9.17) is 9.47 Å². The van der Waals surface area contributed by atoms with Crippen molar-refractivity contribution in [3.63, 3.8) is 0 Å². The third-order valence-electron chi connectivity index (χ3n) is 3.61. The number of benzene rings is 1. The van der Waals surface area contributed by atoms with Crippen molar-refractivity contribution < 1.29 is 24.0 Å². The largest absolute Gasteiger partial charge is 0.452 e. The molecule has 1 atom stereocenters. The van der Waals surface area contributed by atoms with Crippen LogP contribution in [0.15, 0.2) is 18.2 Å². The SMILES string of the molecule is Cc1c(C(=O)OCC(=O)NCC2CCCO2)cccc1[N+](=O)[O-]. The summed E-state index contributed by atoms with van der Waals surface area (Å²) in [6, 6.07) is 4.13. The van der Waals surface area contributed by atoms with Crippen LogP contribution in [-0.4, -0.2) is 42.7 Å². The van der Waals surface area contributed by atoms with Gasteiger partial charge in [-0.3, -0.25) is 14.9 Å². The lowest BCUT2D eigenvalue weighted by atomic mass is 10.1. The van der Waals surface area contributed by atoms with Gasteiger partial charge in [-0.2, -0.15) is 0 Å². The van der Waals surface area contributed by atoms with Crippen molar-refractivity contribution in [3.8, 4) is 0 Å². The number of nitro benzene ring substituents is 1. The Bertz CT molecular complexity index is 610. The molecule has 1 unspecified atom stereocenters. The van der Waals surface area contributed by atoms with Gasteiger partial charge in [-0.1, -0.05) is 6.07 Å². The fourth-order valence-corrected chi connectivity index (χ4v) is 2.34. The third kappa shape index (κ3) is 4.49. The minimum Gasteiger partial charge on any atom is -0.452 e. The second kappa shape index (κ2) is 7.68. The zero-order valence-electron chi connectivity index (χ0n) is 12.7. The van der Waals surface area contributed by atoms with Gasteiger partial charge >= 0.3 is 5.97 Å². The first-order valence-corrected chi connectivity index (χ1v) is 7.28. The summed E-state index contributed by atoms with van der Waals surface area (Å²) in [5, 5.41) is 13.5. The molecule has 1 saturated heterocycles. The smallest absolute Gasteiger partial charge is 0.339 e. The zero-order valence-corrected chi connectivity index (χ0v) is 12.7. The number of carbonyl (C=O) groups is 2. The lowest BCUT2D eigenvalue weighted by Gasteiger charge is -2.11. The van der Waals surface area contributed by atoms with E-state index in [9.17, 15) is 19.7 Å². The van der Waals surface area contributed by atoms with E-state index < -0.39 is 23.4 Å². The highest BCUT2D eigenvalue weighted by molar-refractivity contribution is 5.93. The Hall–Kier alpha value is -2.48. The van der Waals surface area contributed by atoms with Gasteiger partial charge in [0.25, 0.3) is 11.6 Å². The van der Waals surface area contributed by atoms with Crippen molar-refractivity contribution >= 4 is 17.6 Å². The number of esters is 1. The fourth-order valence-electron chi connectivity index (χ4n) is 2.34. The highest BCUT2D eigenvalue weighted by atomic mass is 16.6. The van der Waals surface area contributed by atoms with Gasteiger partial charge in [0.1, 0.15) is 0 Å². The van der Waals surface area contributed by atoms with Gasteiger partial charge in [0, 0.05) is 24.8 Å². The second-order valence-corrected chi connectivity index (χ2v) is 5.22. The molecule has 0 aromatic heterocycles. The molecule has 1 aliphatic rings. The molecule has 1 aromatic carbocycles. The lowest BCUT2D eigenvalue weighted by Crippen LogP contribution is -2.34. The first-order chi connectivity index (χ1) is 11.0. The van der Waals surface area contributed by atoms with E-state index in [-0.39, 0.29) is 22.9 Å². The van der Waals surface area contributed by atoms with E-state index in [2.05, 4.69) is 5.32 Å². The molecule has 1 aromatic rings. The Kier molecular flexibility index (Phi) is 5.64. The van der Waals surface area contributed by atoms with Crippen LogP contribution in [0.3, 0.4) is 0 Å². The molecule has 1 N–H and O–H groups in total. The number of hydrogen-bond acceptors (Lipinski definition) is 6. The minimum absolute atomic E-state index is 0.00803. The number of hydrogen-bond donors (Lipinski definition) is 1. The topological polar surface area (TPSA) is 108 Å². The van der Waals surface area contributed by atoms with Crippen LogP contribution >= 0.6 is 0 Å². The molecule has 8 heteroatoms. The Morgan fingerprint density at radius 3 is 2.91 bits per heavy atom. The summed E-state index contributed by atoms with van der Waals surface area (Å²) in [4.78, 5) is 33.9. The van der Waals surface area contributed by atoms with E-state index >= 15 is 0 Å². The van der Waals surface area contributed by atoms with Crippen LogP contribution in [0, 0.1) is 17.0 Å². The molecule has 8 nitrogen and oxygen atoms in total. The summed E-state index contributed by atoms with van der Waals surface area (Å²) < 4.78 is 10.3. The average Bonchev–Trinajstić information content (AvgIpc) is 3.04. The van der Waals surface area contributed by atoms with Crippen LogP contribution in [0.2, 0.25) is 0 Å². The molecule has 1 heterocycles. The molecule has 0 saturated carbocycles. The molecule has 1 amide bonds. The van der Waals surface area contributed by atoms with Gasteiger partial charge < -0.3 is 14.8 Å². The van der Waals surface area contributed by atoms with E-state index in [0.717, 1.165) is 12.8 Å². The van der Waals surface area contributed by atoms with E-state index in [1.165, 1.54) is 25.1 Å². The van der Waals surface area contributed by atoms with E-state index in [0.29, 0.717) is 13.2 Å². The maximum Gasteiger partial charge on any atom is 0.339 e. The summed E-state index contributed by atoms with van der Waals surface area (Å²) in [6.07, 6.45) is 1.88. The quantitative estimate of drug-likeness (QED) is 0.481. The van der Waals surface area contributed by atoms with Crippen LogP contribution in [0.25, 0.3) is 0 Å². The van der Waals surface area contributed by atoms with Gasteiger partial charge in [0.15, 0.2) is 6.61 Å². The maximum absolute atomic E-state index is 12.0. The van der Waals surface area contributed by atoms with Gasteiger partial charge in [0.05, 0.1) is 16.6 Å². The van der Waals surface area contributed by atoms with Crippen LogP contribution in [0.1, 0.15) is 28.8 Å². The summed E-state index contributed by atoms with van der Waals surface area (Å²) in [7, 11) is 0. The van der Waals surface area contributed by atoms with Crippen molar-refractivity contribution in [2.24, 2.45) is 0 Å². The summed E-state index contributed by atoms with van der Waals surface area (Å²) in [6.45, 7) is 2.10. The van der Waals surface area contributed by atoms with Crippen molar-refractivity contribution in [2.75, 3.05) is 19.8 Å². The van der Waals surface area contributed by atoms with Gasteiger partial charge in [0.2, 0.25) is 0 Å². The molecule has 0 bridgehead atoms. The molecule has 0 radical (unpaired) electrons. The second-order valence-electron chi connectivity index (χ2n) is 5.22. The molecule has 2 rings (SSSR count). The van der Waals surface area contributed by atoms with Gasteiger partial charge in [-0.15, -0.1) is 0 Å². The predicted molar refractivity (Wildman–Crippen MR) is 80.1 cm³/mol. The van der Waals surface area contributed by atoms with Crippen molar-refractivity contribution in [1.29, 1.82) is 0 Å². The molecular formula is C15H18N2O6. The van der Waals surface area contributed by atoms with Crippen molar-refractivity contribution in [3.05, 3.63) is 39.4 Å². The number of rotatable bonds is 6. The van der Waals surface area contributed by atoms with Crippen LogP contribution in [0.5, 0.6) is 0 Å². The first kappa shape index (κ1) is 16.9. The van der Waals surface area contributed by atoms with E-state index in [1.54, 1.807) is 0 Å². The highest BCUT2D eigenvalue weighted by Gasteiger charge is 2.20. The first-order valence-electron chi connectivity index (χ1n) is 7.28. The minimum atomic E-state index is -0.765. The predicted octanol–water partition coefficient (Wildman–Crippen LogP) is 1.36. The number of ether oxygens (including phenoxy) is 2. The number of amides is 1. The number of nitrogens with zero attached hydrogens (tertiary/aromatic N) is 1. The normalized spacial score (nSPS) is 16.8. The zero-order chi connectivity index (χ0) is 16.8. The Labute approximate surface area is 132 Å². The number of carbonyl (C=O) groups excluding carboxylic acids is 2. The van der Waals surface area contributed by atoms with Crippen molar-refractivity contribution in [2.45, 2.75) is 25.9 Å². The molecular weight excluding hydrogens is 304 g/mol. The van der Waals surface area contributed by atoms with E-state index in [1.807, 2.05) is 0 Å². The molecule has 1 fully saturated rings. The van der Waals surface area contributed by atoms with Gasteiger partial charge in [-0.05, 0) is 25.8 Å². The summed E-state index contributed by atoms with van der Waals surface area (Å²) >= 11 is 0. The van der Waals surface area contributed by atoms with Crippen molar-refractivity contribution in [1.82, 2.24) is 5.32 Å². The Balaban J connectivity index is 1.85. The Morgan fingerprint density at radius 1 is 1.48 bits per heavy atom. The number of nitrogens with one attached hydrogen (secondary N) is 1. The Morgan fingerprint density at radius 2 is 2.26 bits per heavy atom. The third-order valence-corrected chi connectivity index (χ3v) is 3.61. The van der Waals surface area contributed by atoms with Crippen LogP contribution in [0.4, 0.5) is 5.69 Å². The van der Waals surface area contributed by atoms with Crippen LogP contribution < -0.4 is 5.32 Å². The monoisotopic (exact) mass is 322 g/mol. The maximum atomic E-state index is 12.0. The highest BCUT2D eigenvalue weighted by Crippen LogP contribution is 2.21. The lowest BCUT2D eigenvalue weighted by molar-refractivity contribution is -0.385. The molecule has 1 aliphatic heterocycles. The molecule has 124 valence electrons. The summed E-state index contributed by atoms with van der Waals surface area (Å²) in [5.74, 6) is -1.20. The van der Waals surface area contributed by atoms with Gasteiger partial charge in [-0.25, -0.2) is 4.79 Å². The average molecular weight is 322 g/mol. The molecule has 0 aliphatic carbocycles. The number of nitro groups is 1. The van der Waals surface area contributed by atoms with Crippen LogP contribution in [-0.2, 0) is 14.3 Å². The molecule has 0 spiro atoms. The molecule has 23 heavy (non-hydrogen) atoms. The standard InChI is InChI=1S/C15H18N2O6/c1-10-12(5-2-6-13(10)17(20)21)15(19)23-9-14(18)16-8-11-4-3-7-22-11/h2,5-6,11H,3-4,7-9H2,1H3,(H,16,18). The summed E-state index contributed by atoms with van der Waals surface area (Å²) in [5.41, 5.74) is 0.121.